The summed E-state index contributed by atoms with van der Waals surface area (Å²) in [7, 11) is 1.36. The van der Waals surface area contributed by atoms with Crippen molar-refractivity contribution in [2.45, 2.75) is 38.1 Å². The van der Waals surface area contributed by atoms with E-state index < -0.39 is 0 Å². The largest absolute Gasteiger partial charge is 0.469 e. The van der Waals surface area contributed by atoms with Gasteiger partial charge in [-0.25, -0.2) is 4.98 Å². The van der Waals surface area contributed by atoms with Crippen molar-refractivity contribution in [3.8, 4) is 11.3 Å². The fourth-order valence-electron chi connectivity index (χ4n) is 3.22. The summed E-state index contributed by atoms with van der Waals surface area (Å²) < 4.78 is 4.78. The van der Waals surface area contributed by atoms with E-state index in [1.807, 2.05) is 30.3 Å². The van der Waals surface area contributed by atoms with E-state index in [1.165, 1.54) is 18.4 Å². The molecule has 3 N–H and O–H groups in total. The van der Waals surface area contributed by atoms with Gasteiger partial charge in [0.1, 0.15) is 0 Å². The fourth-order valence-corrected chi connectivity index (χ4v) is 4.20. The highest BCUT2D eigenvalue weighted by molar-refractivity contribution is 7.16. The molecule has 1 heterocycles. The molecule has 27 heavy (non-hydrogen) atoms. The summed E-state index contributed by atoms with van der Waals surface area (Å²) in [6, 6.07) is 9.70. The van der Waals surface area contributed by atoms with Gasteiger partial charge in [0.15, 0.2) is 5.13 Å². The van der Waals surface area contributed by atoms with Crippen LogP contribution in [0.5, 0.6) is 0 Å². The summed E-state index contributed by atoms with van der Waals surface area (Å²) in [5, 5.41) is 3.42. The topological polar surface area (TPSA) is 94.3 Å². The van der Waals surface area contributed by atoms with Crippen molar-refractivity contribution in [2.75, 3.05) is 12.4 Å². The molecule has 2 aromatic rings. The Morgan fingerprint density at radius 1 is 1.30 bits per heavy atom. The van der Waals surface area contributed by atoms with E-state index in [2.05, 4.69) is 10.3 Å². The monoisotopic (exact) mass is 409 g/mol. The van der Waals surface area contributed by atoms with Gasteiger partial charge >= 0.3 is 5.97 Å². The molecular formula is C19H24ClN3O3S. The van der Waals surface area contributed by atoms with Crippen molar-refractivity contribution in [3.63, 3.8) is 0 Å². The van der Waals surface area contributed by atoms with E-state index in [0.29, 0.717) is 17.2 Å². The standard InChI is InChI=1S/C19H23N3O3S.ClH/c1-25-16(23)11-15-17(12-6-3-2-4-7-12)21-19(26-15)22-18(24)13-8-5-9-14(20)10-13;/h2-4,6-7,13-14H,5,8-11,20H2,1H3,(H,21,22,24);1H. The van der Waals surface area contributed by atoms with E-state index in [0.717, 1.165) is 29.7 Å². The van der Waals surface area contributed by atoms with Crippen LogP contribution < -0.4 is 11.1 Å². The highest BCUT2D eigenvalue weighted by Crippen LogP contribution is 2.33. The molecule has 2 atom stereocenters. The maximum absolute atomic E-state index is 12.6. The van der Waals surface area contributed by atoms with Crippen molar-refractivity contribution in [1.82, 2.24) is 4.98 Å². The van der Waals surface area contributed by atoms with Crippen LogP contribution in [0.2, 0.25) is 0 Å². The number of anilines is 1. The zero-order valence-corrected chi connectivity index (χ0v) is 16.8. The molecule has 1 aromatic carbocycles. The molecular weight excluding hydrogens is 386 g/mol. The lowest BCUT2D eigenvalue weighted by molar-refractivity contribution is -0.139. The lowest BCUT2D eigenvalue weighted by atomic mass is 9.86. The molecule has 0 aliphatic heterocycles. The molecule has 1 aromatic heterocycles. The van der Waals surface area contributed by atoms with Crippen molar-refractivity contribution < 1.29 is 14.3 Å². The Kier molecular flexibility index (Phi) is 7.77. The Morgan fingerprint density at radius 2 is 2.04 bits per heavy atom. The zero-order valence-electron chi connectivity index (χ0n) is 15.1. The van der Waals surface area contributed by atoms with Crippen molar-refractivity contribution in [2.24, 2.45) is 11.7 Å². The molecule has 1 fully saturated rings. The average molecular weight is 410 g/mol. The molecule has 0 saturated heterocycles. The minimum atomic E-state index is -0.332. The van der Waals surface area contributed by atoms with Crippen LogP contribution in [-0.2, 0) is 20.7 Å². The molecule has 1 aliphatic rings. The van der Waals surface area contributed by atoms with E-state index in [-0.39, 0.29) is 42.7 Å². The molecule has 2 unspecified atom stereocenters. The number of rotatable bonds is 5. The number of aromatic nitrogens is 1. The molecule has 6 nitrogen and oxygen atoms in total. The Balaban J connectivity index is 0.00000261. The Labute approximate surface area is 168 Å². The van der Waals surface area contributed by atoms with E-state index in [9.17, 15) is 9.59 Å². The van der Waals surface area contributed by atoms with Gasteiger partial charge in [-0.15, -0.1) is 23.7 Å². The van der Waals surface area contributed by atoms with Gasteiger partial charge in [0.25, 0.3) is 0 Å². The van der Waals surface area contributed by atoms with Gasteiger partial charge in [-0.05, 0) is 19.3 Å². The second-order valence-corrected chi connectivity index (χ2v) is 7.61. The Hall–Kier alpha value is -1.96. The highest BCUT2D eigenvalue weighted by atomic mass is 35.5. The second-order valence-electron chi connectivity index (χ2n) is 6.52. The van der Waals surface area contributed by atoms with Crippen LogP contribution >= 0.6 is 23.7 Å². The minimum absolute atomic E-state index is 0. The lowest BCUT2D eigenvalue weighted by Gasteiger charge is -2.25. The van der Waals surface area contributed by atoms with Gasteiger partial charge in [0, 0.05) is 22.4 Å². The number of carbonyl (C=O) groups excluding carboxylic acids is 2. The molecule has 1 saturated carbocycles. The molecule has 1 aliphatic carbocycles. The number of nitrogens with two attached hydrogens (primary N) is 1. The number of nitrogens with zero attached hydrogens (tertiary/aromatic N) is 1. The first-order valence-corrected chi connectivity index (χ1v) is 9.57. The number of thiazole rings is 1. The molecule has 146 valence electrons. The minimum Gasteiger partial charge on any atom is -0.469 e. The fraction of sp³-hybridized carbons (Fsp3) is 0.421. The van der Waals surface area contributed by atoms with Crippen LogP contribution in [0.1, 0.15) is 30.6 Å². The summed E-state index contributed by atoms with van der Waals surface area (Å²) >= 11 is 1.32. The number of esters is 1. The van der Waals surface area contributed by atoms with Crippen LogP contribution in [0.25, 0.3) is 11.3 Å². The van der Waals surface area contributed by atoms with E-state index in [1.54, 1.807) is 0 Å². The number of hydrogen-bond acceptors (Lipinski definition) is 6. The molecule has 8 heteroatoms. The van der Waals surface area contributed by atoms with Crippen molar-refractivity contribution in [3.05, 3.63) is 35.2 Å². The van der Waals surface area contributed by atoms with Crippen LogP contribution in [0.3, 0.4) is 0 Å². The first-order valence-electron chi connectivity index (χ1n) is 8.75. The number of methoxy groups -OCH3 is 1. The van der Waals surface area contributed by atoms with Crippen LogP contribution in [0.15, 0.2) is 30.3 Å². The summed E-state index contributed by atoms with van der Waals surface area (Å²) in [6.07, 6.45) is 3.63. The summed E-state index contributed by atoms with van der Waals surface area (Å²) in [4.78, 5) is 29.6. The number of halogens is 1. The number of benzene rings is 1. The maximum Gasteiger partial charge on any atom is 0.310 e. The predicted molar refractivity (Wildman–Crippen MR) is 109 cm³/mol. The van der Waals surface area contributed by atoms with Gasteiger partial charge in [-0.1, -0.05) is 36.8 Å². The van der Waals surface area contributed by atoms with Crippen LogP contribution in [0.4, 0.5) is 5.13 Å². The first-order chi connectivity index (χ1) is 12.6. The third-order valence-corrected chi connectivity index (χ3v) is 5.56. The summed E-state index contributed by atoms with van der Waals surface area (Å²) in [5.41, 5.74) is 7.60. The quantitative estimate of drug-likeness (QED) is 0.738. The molecule has 0 radical (unpaired) electrons. The van der Waals surface area contributed by atoms with Gasteiger partial charge in [-0.3, -0.25) is 9.59 Å². The number of ether oxygens (including phenoxy) is 1. The van der Waals surface area contributed by atoms with Crippen LogP contribution in [-0.4, -0.2) is 30.0 Å². The van der Waals surface area contributed by atoms with E-state index >= 15 is 0 Å². The lowest BCUT2D eigenvalue weighted by Crippen LogP contribution is -2.34. The summed E-state index contributed by atoms with van der Waals surface area (Å²) in [5.74, 6) is -0.452. The smallest absolute Gasteiger partial charge is 0.310 e. The molecule has 1 amide bonds. The van der Waals surface area contributed by atoms with Gasteiger partial charge in [0.2, 0.25) is 5.91 Å². The van der Waals surface area contributed by atoms with Gasteiger partial charge in [0.05, 0.1) is 19.2 Å². The Morgan fingerprint density at radius 3 is 2.70 bits per heavy atom. The number of hydrogen-bond donors (Lipinski definition) is 2. The average Bonchev–Trinajstić information content (AvgIpc) is 3.04. The molecule has 0 spiro atoms. The number of nitrogens with one attached hydrogen (secondary N) is 1. The normalized spacial score (nSPS) is 19.0. The Bertz CT molecular complexity index is 782. The third-order valence-electron chi connectivity index (χ3n) is 4.59. The SMILES string of the molecule is COC(=O)Cc1sc(NC(=O)C2CCCC(N)C2)nc1-c1ccccc1.Cl. The van der Waals surface area contributed by atoms with Crippen LogP contribution in [0, 0.1) is 5.92 Å². The number of carbonyl (C=O) groups is 2. The predicted octanol–water partition coefficient (Wildman–Crippen LogP) is 3.40. The zero-order chi connectivity index (χ0) is 18.5. The molecule has 3 rings (SSSR count). The number of amides is 1. The van der Waals surface area contributed by atoms with Crippen molar-refractivity contribution in [1.29, 1.82) is 0 Å². The molecule has 0 bridgehead atoms. The van der Waals surface area contributed by atoms with Crippen molar-refractivity contribution >= 4 is 40.8 Å². The highest BCUT2D eigenvalue weighted by Gasteiger charge is 2.26. The van der Waals surface area contributed by atoms with E-state index in [4.69, 9.17) is 10.5 Å². The third kappa shape index (κ3) is 5.51. The second kappa shape index (κ2) is 9.82. The van der Waals surface area contributed by atoms with Gasteiger partial charge in [-0.2, -0.15) is 0 Å². The summed E-state index contributed by atoms with van der Waals surface area (Å²) in [6.45, 7) is 0. The maximum atomic E-state index is 12.6. The first kappa shape index (κ1) is 21.3. The van der Waals surface area contributed by atoms with Gasteiger partial charge < -0.3 is 15.8 Å².